The van der Waals surface area contributed by atoms with E-state index in [1.165, 1.54) is 0 Å². The molecule has 3 nitrogen and oxygen atoms in total. The summed E-state index contributed by atoms with van der Waals surface area (Å²) in [5.41, 5.74) is 1.83. The summed E-state index contributed by atoms with van der Waals surface area (Å²) in [7, 11) is 0. The highest BCUT2D eigenvalue weighted by molar-refractivity contribution is 7.79. The van der Waals surface area contributed by atoms with Gasteiger partial charge >= 0.3 is 0 Å². The number of ether oxygens (including phenoxy) is 1. The van der Waals surface area contributed by atoms with Crippen LogP contribution in [0.15, 0.2) is 55.3 Å². The lowest BCUT2D eigenvalue weighted by molar-refractivity contribution is 0.445. The smallest absolute Gasteiger partial charge is 0.129 e. The lowest BCUT2D eigenvalue weighted by Crippen LogP contribution is -1.91. The molecule has 0 atom stereocenters. The summed E-state index contributed by atoms with van der Waals surface area (Å²) in [5, 5.41) is 0. The Morgan fingerprint density at radius 2 is 2.28 bits per heavy atom. The van der Waals surface area contributed by atoms with Crippen molar-refractivity contribution >= 4 is 23.7 Å². The number of benzene rings is 1. The van der Waals surface area contributed by atoms with Gasteiger partial charge < -0.3 is 9.72 Å². The van der Waals surface area contributed by atoms with Crippen LogP contribution in [-0.4, -0.2) is 9.97 Å². The molecule has 0 radical (unpaired) electrons. The summed E-state index contributed by atoms with van der Waals surface area (Å²) in [6.45, 7) is 7.31. The minimum atomic E-state index is 0.582. The van der Waals surface area contributed by atoms with Crippen molar-refractivity contribution in [2.24, 2.45) is 0 Å². The van der Waals surface area contributed by atoms with E-state index in [4.69, 9.17) is 4.74 Å². The number of imidazole rings is 1. The molecule has 0 aliphatic rings. The Bertz CT molecular complexity index is 613. The van der Waals surface area contributed by atoms with E-state index in [2.05, 4.69) is 35.8 Å². The first kappa shape index (κ1) is 12.5. The minimum absolute atomic E-state index is 0.582. The van der Waals surface area contributed by atoms with E-state index < -0.39 is 0 Å². The molecule has 1 N–H and O–H groups in total. The predicted molar refractivity (Wildman–Crippen MR) is 77.9 cm³/mol. The van der Waals surface area contributed by atoms with Crippen molar-refractivity contribution in [2.45, 2.75) is 5.75 Å². The number of hydrogen-bond acceptors (Lipinski definition) is 3. The molecular formula is C14H14N2OS. The third kappa shape index (κ3) is 2.65. The Kier molecular flexibility index (Phi) is 3.89. The van der Waals surface area contributed by atoms with Crippen molar-refractivity contribution in [3.05, 3.63) is 61.2 Å². The molecule has 0 fully saturated rings. The minimum Gasteiger partial charge on any atom is -0.457 e. The Balaban J connectivity index is 2.31. The molecule has 1 aromatic carbocycles. The van der Waals surface area contributed by atoms with Crippen LogP contribution in [0.3, 0.4) is 0 Å². The normalized spacial score (nSPS) is 11.5. The van der Waals surface area contributed by atoms with Gasteiger partial charge in [-0.3, -0.25) is 0 Å². The Morgan fingerprint density at radius 3 is 2.94 bits per heavy atom. The first-order valence-corrected chi connectivity index (χ1v) is 6.12. The van der Waals surface area contributed by atoms with Crippen LogP contribution in [0.2, 0.25) is 0 Å². The van der Waals surface area contributed by atoms with Gasteiger partial charge in [0.1, 0.15) is 17.3 Å². The summed E-state index contributed by atoms with van der Waals surface area (Å²) in [6.07, 6.45) is 5.05. The molecule has 0 amide bonds. The van der Waals surface area contributed by atoms with Gasteiger partial charge in [-0.1, -0.05) is 19.2 Å². The molecule has 92 valence electrons. The average molecular weight is 258 g/mol. The number of H-pyrrole nitrogens is 1. The number of nitrogens with zero attached hydrogens (tertiary/aromatic N) is 1. The van der Waals surface area contributed by atoms with Crippen LogP contribution < -0.4 is 4.74 Å². The van der Waals surface area contributed by atoms with E-state index in [9.17, 15) is 0 Å². The maximum Gasteiger partial charge on any atom is 0.129 e. The van der Waals surface area contributed by atoms with Gasteiger partial charge in [-0.15, -0.1) is 0 Å². The summed E-state index contributed by atoms with van der Waals surface area (Å²) in [5.74, 6) is 2.80. The first-order valence-electron chi connectivity index (χ1n) is 5.49. The molecular weight excluding hydrogens is 244 g/mol. The molecule has 18 heavy (non-hydrogen) atoms. The third-order valence-corrected chi connectivity index (χ3v) is 2.67. The van der Waals surface area contributed by atoms with Crippen molar-refractivity contribution in [3.8, 4) is 5.75 Å². The number of allylic oxidation sites excluding steroid dienone is 3. The monoisotopic (exact) mass is 258 g/mol. The van der Waals surface area contributed by atoms with E-state index in [1.807, 2.05) is 18.2 Å². The van der Waals surface area contributed by atoms with E-state index >= 15 is 0 Å². The quantitative estimate of drug-likeness (QED) is 0.488. The van der Waals surface area contributed by atoms with E-state index in [1.54, 1.807) is 18.2 Å². The molecule has 1 heterocycles. The summed E-state index contributed by atoms with van der Waals surface area (Å²) in [4.78, 5) is 7.55. The SMILES string of the molecule is C=C/C=C(\C=C)Oc1ccc2nc(CS)[nH]c2c1. The molecule has 0 spiro atoms. The topological polar surface area (TPSA) is 37.9 Å². The van der Waals surface area contributed by atoms with Crippen molar-refractivity contribution in [3.63, 3.8) is 0 Å². The van der Waals surface area contributed by atoms with Crippen LogP contribution >= 0.6 is 12.6 Å². The fourth-order valence-electron chi connectivity index (χ4n) is 1.58. The number of aromatic nitrogens is 2. The standard InChI is InChI=1S/C14H14N2OS/c1-3-5-10(4-2)17-11-6-7-12-13(8-11)16-14(9-18)15-12/h3-8,18H,1-2,9H2,(H,15,16)/b10-5+. The molecule has 0 saturated heterocycles. The van der Waals surface area contributed by atoms with Gasteiger partial charge in [0.05, 0.1) is 11.0 Å². The van der Waals surface area contributed by atoms with E-state index in [-0.39, 0.29) is 0 Å². The van der Waals surface area contributed by atoms with Crippen LogP contribution in [0.5, 0.6) is 5.75 Å². The summed E-state index contributed by atoms with van der Waals surface area (Å²) in [6, 6.07) is 5.67. The van der Waals surface area contributed by atoms with Gasteiger partial charge in [-0.05, 0) is 24.3 Å². The predicted octanol–water partition coefficient (Wildman–Crippen LogP) is 3.63. The zero-order valence-electron chi connectivity index (χ0n) is 9.89. The maximum absolute atomic E-state index is 5.66. The molecule has 4 heteroatoms. The van der Waals surface area contributed by atoms with Crippen LogP contribution in [0, 0.1) is 0 Å². The lowest BCUT2D eigenvalue weighted by Gasteiger charge is -2.05. The Morgan fingerprint density at radius 1 is 1.44 bits per heavy atom. The van der Waals surface area contributed by atoms with Gasteiger partial charge in [-0.25, -0.2) is 4.98 Å². The Hall–Kier alpha value is -1.94. The average Bonchev–Trinajstić information content (AvgIpc) is 2.80. The lowest BCUT2D eigenvalue weighted by atomic mass is 10.3. The number of nitrogens with one attached hydrogen (secondary N) is 1. The van der Waals surface area contributed by atoms with E-state index in [0.29, 0.717) is 11.5 Å². The molecule has 0 saturated carbocycles. The third-order valence-electron chi connectivity index (χ3n) is 2.37. The largest absolute Gasteiger partial charge is 0.457 e. The van der Waals surface area contributed by atoms with Crippen LogP contribution in [0.25, 0.3) is 11.0 Å². The highest BCUT2D eigenvalue weighted by atomic mass is 32.1. The Labute approximate surface area is 111 Å². The maximum atomic E-state index is 5.66. The second kappa shape index (κ2) is 5.60. The van der Waals surface area contributed by atoms with Crippen molar-refractivity contribution < 1.29 is 4.74 Å². The molecule has 2 aromatic rings. The van der Waals surface area contributed by atoms with Crippen molar-refractivity contribution in [1.29, 1.82) is 0 Å². The molecule has 0 aliphatic carbocycles. The summed E-state index contributed by atoms with van der Waals surface area (Å²) >= 11 is 4.19. The molecule has 2 rings (SSSR count). The van der Waals surface area contributed by atoms with Gasteiger partial charge in [0.25, 0.3) is 0 Å². The van der Waals surface area contributed by atoms with Crippen molar-refractivity contribution in [2.75, 3.05) is 0 Å². The van der Waals surface area contributed by atoms with Crippen LogP contribution in [-0.2, 0) is 5.75 Å². The fourth-order valence-corrected chi connectivity index (χ4v) is 1.73. The second-order valence-electron chi connectivity index (χ2n) is 3.63. The molecule has 0 aliphatic heterocycles. The summed E-state index contributed by atoms with van der Waals surface area (Å²) < 4.78 is 5.66. The van der Waals surface area contributed by atoms with Gasteiger partial charge in [0, 0.05) is 11.8 Å². The second-order valence-corrected chi connectivity index (χ2v) is 3.95. The van der Waals surface area contributed by atoms with Gasteiger partial charge in [0.15, 0.2) is 0 Å². The van der Waals surface area contributed by atoms with Gasteiger partial charge in [0.2, 0.25) is 0 Å². The number of fused-ring (bicyclic) bond motifs is 1. The van der Waals surface area contributed by atoms with Crippen LogP contribution in [0.4, 0.5) is 0 Å². The molecule has 0 bridgehead atoms. The first-order chi connectivity index (χ1) is 8.76. The van der Waals surface area contributed by atoms with Gasteiger partial charge in [-0.2, -0.15) is 12.6 Å². The fraction of sp³-hybridized carbons (Fsp3) is 0.0714. The molecule has 1 aromatic heterocycles. The van der Waals surface area contributed by atoms with E-state index in [0.717, 1.165) is 22.6 Å². The zero-order valence-corrected chi connectivity index (χ0v) is 10.8. The number of thiol groups is 1. The van der Waals surface area contributed by atoms with Crippen LogP contribution in [0.1, 0.15) is 5.82 Å². The highest BCUT2D eigenvalue weighted by Crippen LogP contribution is 2.21. The number of hydrogen-bond donors (Lipinski definition) is 2. The van der Waals surface area contributed by atoms with Crippen molar-refractivity contribution in [1.82, 2.24) is 9.97 Å². The zero-order chi connectivity index (χ0) is 13.0. The molecule has 0 unspecified atom stereocenters. The highest BCUT2D eigenvalue weighted by Gasteiger charge is 2.03. The number of aromatic amines is 1. The number of rotatable bonds is 5.